The number of carboxylic acid groups (broad SMARTS) is 1. The van der Waals surface area contributed by atoms with Crippen LogP contribution in [-0.2, 0) is 16.1 Å². The first kappa shape index (κ1) is 16.8. The zero-order valence-corrected chi connectivity index (χ0v) is 11.1. The Balaban J connectivity index is 2.59. The predicted octanol–water partition coefficient (Wildman–Crippen LogP) is 2.56. The quantitative estimate of drug-likeness (QED) is 0.876. The first-order valence-electron chi connectivity index (χ1n) is 5.98. The molecular formula is C13H14F3NO4. The van der Waals surface area contributed by atoms with Gasteiger partial charge in [-0.25, -0.2) is 9.59 Å². The first-order valence-corrected chi connectivity index (χ1v) is 5.98. The van der Waals surface area contributed by atoms with Gasteiger partial charge >= 0.3 is 18.2 Å². The van der Waals surface area contributed by atoms with Gasteiger partial charge < -0.3 is 15.2 Å². The molecule has 0 aliphatic heterocycles. The van der Waals surface area contributed by atoms with Gasteiger partial charge in [-0.05, 0) is 5.56 Å². The van der Waals surface area contributed by atoms with Gasteiger partial charge in [0.15, 0.2) is 0 Å². The Labute approximate surface area is 118 Å². The normalized spacial score (nSPS) is 14.1. The van der Waals surface area contributed by atoms with Crippen LogP contribution in [0.15, 0.2) is 30.3 Å². The van der Waals surface area contributed by atoms with Gasteiger partial charge in [-0.2, -0.15) is 13.2 Å². The molecule has 0 radical (unpaired) electrons. The van der Waals surface area contributed by atoms with Gasteiger partial charge in [-0.1, -0.05) is 37.3 Å². The summed E-state index contributed by atoms with van der Waals surface area (Å²) in [5.74, 6) is -4.02. The Morgan fingerprint density at radius 2 is 1.86 bits per heavy atom. The van der Waals surface area contributed by atoms with Crippen molar-refractivity contribution in [1.29, 1.82) is 0 Å². The molecule has 0 spiro atoms. The highest BCUT2D eigenvalue weighted by molar-refractivity contribution is 5.80. The van der Waals surface area contributed by atoms with Gasteiger partial charge in [-0.15, -0.1) is 0 Å². The average Bonchev–Trinajstić information content (AvgIpc) is 2.41. The van der Waals surface area contributed by atoms with E-state index in [4.69, 9.17) is 9.84 Å². The highest BCUT2D eigenvalue weighted by Gasteiger charge is 2.45. The lowest BCUT2D eigenvalue weighted by atomic mass is 10.0. The summed E-state index contributed by atoms with van der Waals surface area (Å²) in [5.41, 5.74) is 0.628. The van der Waals surface area contributed by atoms with E-state index in [0.717, 1.165) is 0 Å². The third-order valence-electron chi connectivity index (χ3n) is 2.77. The molecule has 0 bridgehead atoms. The fourth-order valence-corrected chi connectivity index (χ4v) is 1.48. The third-order valence-corrected chi connectivity index (χ3v) is 2.77. The van der Waals surface area contributed by atoms with Crippen molar-refractivity contribution in [1.82, 2.24) is 5.32 Å². The third kappa shape index (κ3) is 5.33. The van der Waals surface area contributed by atoms with Crippen molar-refractivity contribution in [2.75, 3.05) is 0 Å². The molecule has 116 valence electrons. The van der Waals surface area contributed by atoms with Crippen LogP contribution in [0.25, 0.3) is 0 Å². The highest BCUT2D eigenvalue weighted by atomic mass is 19.4. The zero-order valence-electron chi connectivity index (χ0n) is 11.1. The van der Waals surface area contributed by atoms with Gasteiger partial charge in [-0.3, -0.25) is 0 Å². The summed E-state index contributed by atoms with van der Waals surface area (Å²) in [6, 6.07) is 6.34. The van der Waals surface area contributed by atoms with E-state index in [0.29, 0.717) is 12.5 Å². The number of carbonyl (C=O) groups excluding carboxylic acids is 1. The summed E-state index contributed by atoms with van der Waals surface area (Å²) in [6.45, 7) is 0.510. The van der Waals surface area contributed by atoms with Crippen LogP contribution >= 0.6 is 0 Å². The minimum absolute atomic E-state index is 0.167. The fourth-order valence-electron chi connectivity index (χ4n) is 1.48. The van der Waals surface area contributed by atoms with Gasteiger partial charge in [0.05, 0.1) is 5.92 Å². The zero-order chi connectivity index (χ0) is 16.0. The Bertz CT molecular complexity index is 490. The van der Waals surface area contributed by atoms with Crippen molar-refractivity contribution in [3.05, 3.63) is 35.9 Å². The molecule has 0 aliphatic carbocycles. The largest absolute Gasteiger partial charge is 0.480 e. The molecule has 2 atom stereocenters. The second-order valence-corrected chi connectivity index (χ2v) is 4.35. The van der Waals surface area contributed by atoms with E-state index in [1.807, 2.05) is 0 Å². The minimum Gasteiger partial charge on any atom is -0.480 e. The first-order chi connectivity index (χ1) is 9.71. The SMILES string of the molecule is CC([C@@H](NC(=O)OCc1ccccc1)C(=O)O)C(F)(F)F. The van der Waals surface area contributed by atoms with Gasteiger partial charge in [0.2, 0.25) is 0 Å². The molecule has 21 heavy (non-hydrogen) atoms. The summed E-state index contributed by atoms with van der Waals surface area (Å²) in [4.78, 5) is 22.2. The van der Waals surface area contributed by atoms with E-state index >= 15 is 0 Å². The number of ether oxygens (including phenoxy) is 1. The van der Waals surface area contributed by atoms with E-state index in [9.17, 15) is 22.8 Å². The number of amides is 1. The van der Waals surface area contributed by atoms with Gasteiger partial charge in [0, 0.05) is 0 Å². The lowest BCUT2D eigenvalue weighted by Crippen LogP contribution is -2.49. The molecule has 0 aliphatic rings. The molecule has 1 rings (SSSR count). The van der Waals surface area contributed by atoms with Crippen molar-refractivity contribution in [2.45, 2.75) is 25.7 Å². The summed E-state index contributed by atoms with van der Waals surface area (Å²) < 4.78 is 42.2. The molecular weight excluding hydrogens is 291 g/mol. The smallest absolute Gasteiger partial charge is 0.408 e. The molecule has 0 fully saturated rings. The van der Waals surface area contributed by atoms with Crippen LogP contribution in [0.4, 0.5) is 18.0 Å². The lowest BCUT2D eigenvalue weighted by Gasteiger charge is -2.23. The predicted molar refractivity (Wildman–Crippen MR) is 66.4 cm³/mol. The number of hydrogen-bond acceptors (Lipinski definition) is 3. The fraction of sp³-hybridized carbons (Fsp3) is 0.385. The van der Waals surface area contributed by atoms with E-state index in [-0.39, 0.29) is 6.61 Å². The maximum absolute atomic E-state index is 12.5. The summed E-state index contributed by atoms with van der Waals surface area (Å²) in [7, 11) is 0. The number of carbonyl (C=O) groups is 2. The number of halogens is 3. The van der Waals surface area contributed by atoms with E-state index in [1.165, 1.54) is 0 Å². The Morgan fingerprint density at radius 3 is 2.33 bits per heavy atom. The van der Waals surface area contributed by atoms with E-state index in [1.54, 1.807) is 35.6 Å². The monoisotopic (exact) mass is 305 g/mol. The van der Waals surface area contributed by atoms with Crippen LogP contribution in [0.1, 0.15) is 12.5 Å². The molecule has 0 heterocycles. The van der Waals surface area contributed by atoms with Crippen molar-refractivity contribution in [3.63, 3.8) is 0 Å². The van der Waals surface area contributed by atoms with Crippen LogP contribution in [0, 0.1) is 5.92 Å². The second-order valence-electron chi connectivity index (χ2n) is 4.35. The second kappa shape index (κ2) is 6.96. The molecule has 0 aromatic heterocycles. The number of nitrogens with one attached hydrogen (secondary N) is 1. The highest BCUT2D eigenvalue weighted by Crippen LogP contribution is 2.28. The molecule has 1 aromatic rings. The number of rotatable bonds is 5. The maximum Gasteiger partial charge on any atom is 0.408 e. The van der Waals surface area contributed by atoms with Crippen LogP contribution in [-0.4, -0.2) is 29.4 Å². The summed E-state index contributed by atoms with van der Waals surface area (Å²) >= 11 is 0. The molecule has 1 amide bonds. The van der Waals surface area contributed by atoms with E-state index < -0.39 is 30.2 Å². The molecule has 2 N–H and O–H groups in total. The Hall–Kier alpha value is -2.25. The van der Waals surface area contributed by atoms with Gasteiger partial charge in [0.25, 0.3) is 0 Å². The number of alkyl carbamates (subject to hydrolysis) is 1. The molecule has 1 unspecified atom stereocenters. The van der Waals surface area contributed by atoms with Gasteiger partial charge in [0.1, 0.15) is 12.6 Å². The number of carboxylic acids is 1. The molecule has 0 saturated heterocycles. The van der Waals surface area contributed by atoms with Crippen LogP contribution in [0.5, 0.6) is 0 Å². The number of benzene rings is 1. The summed E-state index contributed by atoms with van der Waals surface area (Å²) in [5, 5.41) is 10.5. The van der Waals surface area contributed by atoms with Crippen molar-refractivity contribution < 1.29 is 32.6 Å². The maximum atomic E-state index is 12.5. The van der Waals surface area contributed by atoms with Crippen molar-refractivity contribution in [3.8, 4) is 0 Å². The van der Waals surface area contributed by atoms with Crippen molar-refractivity contribution in [2.24, 2.45) is 5.92 Å². The summed E-state index contributed by atoms with van der Waals surface area (Å²) in [6.07, 6.45) is -5.96. The number of aliphatic carboxylic acids is 1. The molecule has 8 heteroatoms. The Morgan fingerprint density at radius 1 is 1.29 bits per heavy atom. The topological polar surface area (TPSA) is 75.6 Å². The van der Waals surface area contributed by atoms with Crippen LogP contribution in [0.2, 0.25) is 0 Å². The standard InChI is InChI=1S/C13H14F3NO4/c1-8(13(14,15)16)10(11(18)19)17-12(20)21-7-9-5-3-2-4-6-9/h2-6,8,10H,7H2,1H3,(H,17,20)(H,18,19)/t8?,10-/m1/s1. The van der Waals surface area contributed by atoms with E-state index in [2.05, 4.69) is 0 Å². The van der Waals surface area contributed by atoms with Crippen LogP contribution < -0.4 is 5.32 Å². The number of hydrogen-bond donors (Lipinski definition) is 2. The molecule has 0 saturated carbocycles. The minimum atomic E-state index is -4.74. The number of alkyl halides is 3. The molecule has 1 aromatic carbocycles. The van der Waals surface area contributed by atoms with Crippen molar-refractivity contribution >= 4 is 12.1 Å². The lowest BCUT2D eigenvalue weighted by molar-refractivity contribution is -0.184. The van der Waals surface area contributed by atoms with Crippen LogP contribution in [0.3, 0.4) is 0 Å². The Kier molecular flexibility index (Phi) is 5.57. The molecule has 5 nitrogen and oxygen atoms in total. The average molecular weight is 305 g/mol.